The third-order valence-corrected chi connectivity index (χ3v) is 3.55. The van der Waals surface area contributed by atoms with Crippen molar-refractivity contribution in [2.75, 3.05) is 0 Å². The summed E-state index contributed by atoms with van der Waals surface area (Å²) in [5.41, 5.74) is 1.58. The van der Waals surface area contributed by atoms with Crippen molar-refractivity contribution < 1.29 is 14.3 Å². The first kappa shape index (κ1) is 18.3. The van der Waals surface area contributed by atoms with Crippen LogP contribution in [-0.4, -0.2) is 11.7 Å². The first-order chi connectivity index (χ1) is 11.3. The van der Waals surface area contributed by atoms with E-state index in [4.69, 9.17) is 9.47 Å². The molecule has 0 unspecified atom stereocenters. The average molecular weight is 392 g/mol. The van der Waals surface area contributed by atoms with Gasteiger partial charge in [-0.2, -0.15) is 0 Å². The second kappa shape index (κ2) is 8.20. The van der Waals surface area contributed by atoms with Gasteiger partial charge >= 0.3 is 6.09 Å². The summed E-state index contributed by atoms with van der Waals surface area (Å²) in [5.74, 6) is 0.819. The highest BCUT2D eigenvalue weighted by atomic mass is 79.9. The summed E-state index contributed by atoms with van der Waals surface area (Å²) in [6.45, 7) is 6.45. The molecule has 2 aromatic carbocycles. The van der Waals surface area contributed by atoms with Crippen molar-refractivity contribution in [3.05, 3.63) is 64.1 Å². The molecule has 0 aliphatic heterocycles. The Morgan fingerprint density at radius 2 is 1.75 bits per heavy atom. The first-order valence-corrected chi connectivity index (χ1v) is 8.54. The van der Waals surface area contributed by atoms with Crippen molar-refractivity contribution in [3.63, 3.8) is 0 Å². The minimum Gasteiger partial charge on any atom is -0.489 e. The van der Waals surface area contributed by atoms with Gasteiger partial charge in [0.1, 0.15) is 18.0 Å². The van der Waals surface area contributed by atoms with Crippen LogP contribution in [-0.2, 0) is 17.9 Å². The van der Waals surface area contributed by atoms with Crippen molar-refractivity contribution >= 4 is 22.0 Å². The fourth-order valence-corrected chi connectivity index (χ4v) is 2.34. The molecule has 0 aromatic heterocycles. The summed E-state index contributed by atoms with van der Waals surface area (Å²) in [4.78, 5) is 11.6. The molecule has 1 N–H and O–H groups in total. The van der Waals surface area contributed by atoms with Gasteiger partial charge < -0.3 is 14.8 Å². The molecule has 5 heteroatoms. The summed E-state index contributed by atoms with van der Waals surface area (Å²) in [6, 6.07) is 15.7. The van der Waals surface area contributed by atoms with Crippen LogP contribution in [0.5, 0.6) is 5.75 Å². The zero-order valence-electron chi connectivity index (χ0n) is 14.1. The molecule has 0 heterocycles. The molecule has 0 atom stereocenters. The van der Waals surface area contributed by atoms with Crippen molar-refractivity contribution in [3.8, 4) is 5.75 Å². The lowest BCUT2D eigenvalue weighted by Crippen LogP contribution is -2.32. The van der Waals surface area contributed by atoms with Crippen LogP contribution < -0.4 is 10.1 Å². The van der Waals surface area contributed by atoms with Crippen molar-refractivity contribution in [1.29, 1.82) is 0 Å². The maximum absolute atomic E-state index is 11.6. The van der Waals surface area contributed by atoms with Gasteiger partial charge in [-0.05, 0) is 50.1 Å². The van der Waals surface area contributed by atoms with Crippen molar-refractivity contribution in [2.24, 2.45) is 0 Å². The molecule has 128 valence electrons. The Morgan fingerprint density at radius 3 is 2.38 bits per heavy atom. The largest absolute Gasteiger partial charge is 0.489 e. The Kier molecular flexibility index (Phi) is 6.26. The number of rotatable bonds is 5. The number of benzene rings is 2. The number of carbonyl (C=O) groups excluding carboxylic acids is 1. The smallest absolute Gasteiger partial charge is 0.407 e. The molecule has 4 nitrogen and oxygen atoms in total. The van der Waals surface area contributed by atoms with Gasteiger partial charge in [0.2, 0.25) is 0 Å². The van der Waals surface area contributed by atoms with E-state index in [0.29, 0.717) is 13.2 Å². The molecular weight excluding hydrogens is 370 g/mol. The lowest BCUT2D eigenvalue weighted by Gasteiger charge is -2.19. The Hall–Kier alpha value is -2.01. The SMILES string of the molecule is CC(C)(C)OC(=O)NCc1ccc(COc2cccc(Br)c2)cc1. The molecule has 0 spiro atoms. The predicted molar refractivity (Wildman–Crippen MR) is 98.0 cm³/mol. The predicted octanol–water partition coefficient (Wildman–Crippen LogP) is 5.05. The van der Waals surface area contributed by atoms with Crippen LogP contribution in [0.2, 0.25) is 0 Å². The van der Waals surface area contributed by atoms with Crippen LogP contribution in [0.15, 0.2) is 53.0 Å². The van der Waals surface area contributed by atoms with E-state index in [1.54, 1.807) is 0 Å². The van der Waals surface area contributed by atoms with Crippen molar-refractivity contribution in [2.45, 2.75) is 39.5 Å². The molecule has 0 aliphatic rings. The Balaban J connectivity index is 1.81. The zero-order chi connectivity index (χ0) is 17.6. The fourth-order valence-electron chi connectivity index (χ4n) is 1.97. The maximum atomic E-state index is 11.6. The minimum atomic E-state index is -0.488. The number of halogens is 1. The number of carbonyl (C=O) groups is 1. The molecule has 0 saturated heterocycles. The van der Waals surface area contributed by atoms with E-state index in [9.17, 15) is 4.79 Å². The summed E-state index contributed by atoms with van der Waals surface area (Å²) >= 11 is 3.42. The quantitative estimate of drug-likeness (QED) is 0.775. The van der Waals surface area contributed by atoms with E-state index in [1.807, 2.05) is 69.3 Å². The minimum absolute atomic E-state index is 0.412. The van der Waals surface area contributed by atoms with Crippen LogP contribution in [0.25, 0.3) is 0 Å². The van der Waals surface area contributed by atoms with E-state index < -0.39 is 11.7 Å². The zero-order valence-corrected chi connectivity index (χ0v) is 15.7. The second-order valence-electron chi connectivity index (χ2n) is 6.42. The molecule has 2 aromatic rings. The number of hydrogen-bond donors (Lipinski definition) is 1. The molecule has 0 aliphatic carbocycles. The van der Waals surface area contributed by atoms with Gasteiger partial charge in [-0.25, -0.2) is 4.79 Å². The average Bonchev–Trinajstić information content (AvgIpc) is 2.50. The Bertz CT molecular complexity index is 678. The maximum Gasteiger partial charge on any atom is 0.407 e. The van der Waals surface area contributed by atoms with Gasteiger partial charge in [0.25, 0.3) is 0 Å². The third-order valence-electron chi connectivity index (χ3n) is 3.06. The van der Waals surface area contributed by atoms with Gasteiger partial charge in [-0.15, -0.1) is 0 Å². The molecule has 24 heavy (non-hydrogen) atoms. The molecule has 0 bridgehead atoms. The number of hydrogen-bond acceptors (Lipinski definition) is 3. The number of alkyl carbamates (subject to hydrolysis) is 1. The highest BCUT2D eigenvalue weighted by molar-refractivity contribution is 9.10. The van der Waals surface area contributed by atoms with E-state index >= 15 is 0 Å². The van der Waals surface area contributed by atoms with E-state index in [0.717, 1.165) is 21.3 Å². The molecule has 1 amide bonds. The number of ether oxygens (including phenoxy) is 2. The fraction of sp³-hybridized carbons (Fsp3) is 0.316. The standard InChI is InChI=1S/C19H22BrNO3/c1-19(2,3)24-18(22)21-12-14-7-9-15(10-8-14)13-23-17-6-4-5-16(20)11-17/h4-11H,12-13H2,1-3H3,(H,21,22). The van der Waals surface area contributed by atoms with Crippen LogP contribution in [0.4, 0.5) is 4.79 Å². The second-order valence-corrected chi connectivity index (χ2v) is 7.33. The monoisotopic (exact) mass is 391 g/mol. The van der Waals surface area contributed by atoms with E-state index in [2.05, 4.69) is 21.2 Å². The highest BCUT2D eigenvalue weighted by Crippen LogP contribution is 2.19. The van der Waals surface area contributed by atoms with Gasteiger partial charge in [0, 0.05) is 11.0 Å². The molecule has 2 rings (SSSR count). The van der Waals surface area contributed by atoms with E-state index in [1.165, 1.54) is 0 Å². The first-order valence-electron chi connectivity index (χ1n) is 7.75. The van der Waals surface area contributed by atoms with Gasteiger partial charge in [0.05, 0.1) is 0 Å². The molecule has 0 fully saturated rings. The molecular formula is C19H22BrNO3. The topological polar surface area (TPSA) is 47.6 Å². The lowest BCUT2D eigenvalue weighted by molar-refractivity contribution is 0.0523. The number of nitrogens with one attached hydrogen (secondary N) is 1. The summed E-state index contributed by atoms with van der Waals surface area (Å²) < 4.78 is 11.9. The van der Waals surface area contributed by atoms with Crippen molar-refractivity contribution in [1.82, 2.24) is 5.32 Å². The highest BCUT2D eigenvalue weighted by Gasteiger charge is 2.15. The van der Waals surface area contributed by atoms with Crippen LogP contribution in [0.3, 0.4) is 0 Å². The van der Waals surface area contributed by atoms with Crippen LogP contribution in [0, 0.1) is 0 Å². The Labute approximate surface area is 151 Å². The normalized spacial score (nSPS) is 11.0. The van der Waals surface area contributed by atoms with Gasteiger partial charge in [-0.3, -0.25) is 0 Å². The number of amides is 1. The Morgan fingerprint density at radius 1 is 1.08 bits per heavy atom. The third kappa shape index (κ3) is 6.62. The lowest BCUT2D eigenvalue weighted by atomic mass is 10.1. The summed E-state index contributed by atoms with van der Waals surface area (Å²) in [7, 11) is 0. The van der Waals surface area contributed by atoms with E-state index in [-0.39, 0.29) is 0 Å². The summed E-state index contributed by atoms with van der Waals surface area (Å²) in [6.07, 6.45) is -0.412. The van der Waals surface area contributed by atoms with Crippen LogP contribution in [0.1, 0.15) is 31.9 Å². The summed E-state index contributed by atoms with van der Waals surface area (Å²) in [5, 5.41) is 2.74. The molecule has 0 saturated carbocycles. The van der Waals surface area contributed by atoms with Crippen LogP contribution >= 0.6 is 15.9 Å². The van der Waals surface area contributed by atoms with Gasteiger partial charge in [0.15, 0.2) is 0 Å². The molecule has 0 radical (unpaired) electrons. The van der Waals surface area contributed by atoms with Gasteiger partial charge in [-0.1, -0.05) is 46.3 Å².